The lowest BCUT2D eigenvalue weighted by Gasteiger charge is -2.31. The fourth-order valence-electron chi connectivity index (χ4n) is 3.35. The minimum absolute atomic E-state index is 0.480. The number of rotatable bonds is 2. The quantitative estimate of drug-likeness (QED) is 0.867. The molecule has 0 spiro atoms. The Balaban J connectivity index is 1.92. The van der Waals surface area contributed by atoms with Crippen molar-refractivity contribution in [1.82, 2.24) is 0 Å². The number of hydrogen-bond acceptors (Lipinski definition) is 3. The highest BCUT2D eigenvalue weighted by atomic mass is 15.3. The molecule has 2 N–H and O–H groups in total. The van der Waals surface area contributed by atoms with Crippen LogP contribution in [0, 0.1) is 12.8 Å². The molecule has 96 valence electrons. The zero-order valence-electron chi connectivity index (χ0n) is 11.0. The number of benzene rings is 1. The summed E-state index contributed by atoms with van der Waals surface area (Å²) >= 11 is 0. The van der Waals surface area contributed by atoms with E-state index in [1.807, 2.05) is 0 Å². The second-order valence-electron chi connectivity index (χ2n) is 5.47. The van der Waals surface area contributed by atoms with Gasteiger partial charge in [-0.15, -0.1) is 0 Å². The Morgan fingerprint density at radius 1 is 1.22 bits per heavy atom. The van der Waals surface area contributed by atoms with Gasteiger partial charge in [0.2, 0.25) is 0 Å². The van der Waals surface area contributed by atoms with Crippen LogP contribution in [-0.4, -0.2) is 18.5 Å². The predicted molar refractivity (Wildman–Crippen MR) is 75.9 cm³/mol. The topological polar surface area (TPSA) is 41.6 Å². The van der Waals surface area contributed by atoms with Gasteiger partial charge in [-0.2, -0.15) is 0 Å². The second kappa shape index (κ2) is 4.63. The standard InChI is InChI=1S/C15H21N3/c1-11-6-2-5-9-13(11)18-14(10-17-15(18)16)12-7-3-4-8-12/h2,5-6,9,12,14H,3-4,7-8,10H2,1H3,(H2,16,17). The molecule has 1 fully saturated rings. The van der Waals surface area contributed by atoms with Gasteiger partial charge in [0.1, 0.15) is 0 Å². The Bertz CT molecular complexity index is 461. The van der Waals surface area contributed by atoms with E-state index in [1.54, 1.807) is 0 Å². The SMILES string of the molecule is Cc1ccccc1N1C(N)=NCC1C1CCCC1. The number of nitrogens with zero attached hydrogens (tertiary/aromatic N) is 2. The smallest absolute Gasteiger partial charge is 0.196 e. The summed E-state index contributed by atoms with van der Waals surface area (Å²) in [4.78, 5) is 6.75. The first-order chi connectivity index (χ1) is 8.77. The van der Waals surface area contributed by atoms with Gasteiger partial charge in [-0.25, -0.2) is 0 Å². The van der Waals surface area contributed by atoms with Crippen LogP contribution in [0.2, 0.25) is 0 Å². The van der Waals surface area contributed by atoms with Gasteiger partial charge in [-0.05, 0) is 37.3 Å². The summed E-state index contributed by atoms with van der Waals surface area (Å²) in [6.45, 7) is 3.01. The summed E-state index contributed by atoms with van der Waals surface area (Å²) in [6.07, 6.45) is 5.39. The van der Waals surface area contributed by atoms with Crippen LogP contribution in [-0.2, 0) is 0 Å². The molecular formula is C15H21N3. The lowest BCUT2D eigenvalue weighted by atomic mass is 9.96. The van der Waals surface area contributed by atoms with Crippen LogP contribution in [0.25, 0.3) is 0 Å². The predicted octanol–water partition coefficient (Wildman–Crippen LogP) is 2.69. The summed E-state index contributed by atoms with van der Waals surface area (Å²) in [5.74, 6) is 1.45. The van der Waals surface area contributed by atoms with Gasteiger partial charge >= 0.3 is 0 Å². The molecule has 3 heteroatoms. The molecule has 3 nitrogen and oxygen atoms in total. The van der Waals surface area contributed by atoms with Gasteiger partial charge < -0.3 is 10.6 Å². The minimum atomic E-state index is 0.480. The Labute approximate surface area is 109 Å². The molecule has 1 atom stereocenters. The van der Waals surface area contributed by atoms with E-state index < -0.39 is 0 Å². The largest absolute Gasteiger partial charge is 0.370 e. The van der Waals surface area contributed by atoms with E-state index >= 15 is 0 Å². The Kier molecular flexibility index (Phi) is 2.98. The van der Waals surface area contributed by atoms with Crippen molar-refractivity contribution in [1.29, 1.82) is 0 Å². The molecule has 1 aliphatic heterocycles. The van der Waals surface area contributed by atoms with Crippen molar-refractivity contribution < 1.29 is 0 Å². The Hall–Kier alpha value is -1.51. The first kappa shape index (κ1) is 11.6. The van der Waals surface area contributed by atoms with Gasteiger partial charge in [0.25, 0.3) is 0 Å². The number of nitrogens with two attached hydrogens (primary N) is 1. The summed E-state index contributed by atoms with van der Waals surface area (Å²) < 4.78 is 0. The highest BCUT2D eigenvalue weighted by Gasteiger charge is 2.35. The summed E-state index contributed by atoms with van der Waals surface area (Å²) in [6, 6.07) is 8.94. The Morgan fingerprint density at radius 3 is 2.67 bits per heavy atom. The molecule has 0 aromatic heterocycles. The summed E-state index contributed by atoms with van der Waals surface area (Å²) in [7, 11) is 0. The van der Waals surface area contributed by atoms with E-state index in [1.165, 1.54) is 36.9 Å². The first-order valence-corrected chi connectivity index (χ1v) is 6.92. The van der Waals surface area contributed by atoms with E-state index in [2.05, 4.69) is 41.1 Å². The fourth-order valence-corrected chi connectivity index (χ4v) is 3.35. The minimum Gasteiger partial charge on any atom is -0.370 e. The van der Waals surface area contributed by atoms with Crippen LogP contribution < -0.4 is 10.6 Å². The number of hydrogen-bond donors (Lipinski definition) is 1. The highest BCUT2D eigenvalue weighted by Crippen LogP contribution is 2.35. The van der Waals surface area contributed by atoms with Gasteiger partial charge in [0.05, 0.1) is 12.6 Å². The maximum Gasteiger partial charge on any atom is 0.196 e. The molecular weight excluding hydrogens is 222 g/mol. The van der Waals surface area contributed by atoms with Crippen molar-refractivity contribution in [2.24, 2.45) is 16.6 Å². The van der Waals surface area contributed by atoms with Crippen LogP contribution >= 0.6 is 0 Å². The van der Waals surface area contributed by atoms with E-state index in [0.717, 1.165) is 12.5 Å². The molecule has 1 aromatic carbocycles. The molecule has 1 aliphatic carbocycles. The normalized spacial score (nSPS) is 24.6. The van der Waals surface area contributed by atoms with Gasteiger partial charge in [0, 0.05) is 5.69 Å². The maximum absolute atomic E-state index is 6.11. The van der Waals surface area contributed by atoms with Crippen molar-refractivity contribution in [3.63, 3.8) is 0 Å². The number of aliphatic imine (C=N–C) groups is 1. The average Bonchev–Trinajstić information content (AvgIpc) is 2.99. The lowest BCUT2D eigenvalue weighted by Crippen LogP contribution is -2.44. The molecule has 1 aromatic rings. The third-order valence-electron chi connectivity index (χ3n) is 4.34. The third kappa shape index (κ3) is 1.88. The van der Waals surface area contributed by atoms with Gasteiger partial charge in [0.15, 0.2) is 5.96 Å². The molecule has 0 radical (unpaired) electrons. The van der Waals surface area contributed by atoms with Gasteiger partial charge in [-0.1, -0.05) is 31.0 Å². The molecule has 2 aliphatic rings. The van der Waals surface area contributed by atoms with Crippen molar-refractivity contribution in [3.05, 3.63) is 29.8 Å². The van der Waals surface area contributed by atoms with Crippen LogP contribution in [0.1, 0.15) is 31.2 Å². The van der Waals surface area contributed by atoms with Crippen LogP contribution in [0.4, 0.5) is 5.69 Å². The van der Waals surface area contributed by atoms with Crippen molar-refractivity contribution in [2.75, 3.05) is 11.4 Å². The molecule has 18 heavy (non-hydrogen) atoms. The fraction of sp³-hybridized carbons (Fsp3) is 0.533. The van der Waals surface area contributed by atoms with Gasteiger partial charge in [-0.3, -0.25) is 4.99 Å². The van der Waals surface area contributed by atoms with E-state index in [-0.39, 0.29) is 0 Å². The number of guanidine groups is 1. The summed E-state index contributed by atoms with van der Waals surface area (Å²) in [5, 5.41) is 0. The first-order valence-electron chi connectivity index (χ1n) is 6.92. The third-order valence-corrected chi connectivity index (χ3v) is 4.34. The molecule has 3 rings (SSSR count). The zero-order chi connectivity index (χ0) is 12.5. The molecule has 1 heterocycles. The average molecular weight is 243 g/mol. The molecule has 0 amide bonds. The van der Waals surface area contributed by atoms with E-state index in [4.69, 9.17) is 5.73 Å². The van der Waals surface area contributed by atoms with Crippen molar-refractivity contribution >= 4 is 11.6 Å². The number of anilines is 1. The molecule has 0 bridgehead atoms. The molecule has 1 saturated carbocycles. The molecule has 1 unspecified atom stereocenters. The zero-order valence-corrected chi connectivity index (χ0v) is 11.0. The van der Waals surface area contributed by atoms with Crippen LogP contribution in [0.3, 0.4) is 0 Å². The highest BCUT2D eigenvalue weighted by molar-refractivity contribution is 5.97. The van der Waals surface area contributed by atoms with Crippen LogP contribution in [0.5, 0.6) is 0 Å². The number of para-hydroxylation sites is 1. The van der Waals surface area contributed by atoms with Crippen LogP contribution in [0.15, 0.2) is 29.3 Å². The van der Waals surface area contributed by atoms with Crippen molar-refractivity contribution in [2.45, 2.75) is 38.6 Å². The molecule has 0 saturated heterocycles. The number of aryl methyl sites for hydroxylation is 1. The lowest BCUT2D eigenvalue weighted by molar-refractivity contribution is 0.450. The van der Waals surface area contributed by atoms with Crippen molar-refractivity contribution in [3.8, 4) is 0 Å². The monoisotopic (exact) mass is 243 g/mol. The Morgan fingerprint density at radius 2 is 1.94 bits per heavy atom. The summed E-state index contributed by atoms with van der Waals surface area (Å²) in [5.41, 5.74) is 8.62. The van der Waals surface area contributed by atoms with E-state index in [9.17, 15) is 0 Å². The maximum atomic E-state index is 6.11. The second-order valence-corrected chi connectivity index (χ2v) is 5.47. The van der Waals surface area contributed by atoms with E-state index in [0.29, 0.717) is 12.0 Å².